The molecule has 0 spiro atoms. The fraction of sp³-hybridized carbons (Fsp3) is 0.200. The summed E-state index contributed by atoms with van der Waals surface area (Å²) in [6.45, 7) is 4.69. The van der Waals surface area contributed by atoms with Crippen molar-refractivity contribution in [2.45, 2.75) is 25.7 Å². The molecule has 164 valence electrons. The van der Waals surface area contributed by atoms with Gasteiger partial charge in [0.05, 0.1) is 18.0 Å². The van der Waals surface area contributed by atoms with Gasteiger partial charge >= 0.3 is 12.1 Å². The molecule has 3 aromatic rings. The van der Waals surface area contributed by atoms with Gasteiger partial charge < -0.3 is 19.6 Å². The number of hydrogen-bond acceptors (Lipinski definition) is 7. The fourth-order valence-corrected chi connectivity index (χ4v) is 5.45. The van der Waals surface area contributed by atoms with Gasteiger partial charge in [0, 0.05) is 10.6 Å². The highest BCUT2D eigenvalue weighted by Crippen LogP contribution is 2.38. The molecular weight excluding hydrogens is 444 g/mol. The number of ether oxygens (including phenoxy) is 2. The van der Waals surface area contributed by atoms with E-state index in [0.29, 0.717) is 10.6 Å². The summed E-state index contributed by atoms with van der Waals surface area (Å²) in [7, 11) is -4.31. The molecule has 0 unspecified atom stereocenters. The third-order valence-corrected chi connectivity index (χ3v) is 6.90. The number of aryl methyl sites for hydroxylation is 2. The molecule has 9 nitrogen and oxygen atoms in total. The van der Waals surface area contributed by atoms with Crippen LogP contribution in [0.25, 0.3) is 10.4 Å². The maximum absolute atomic E-state index is 13.2. The zero-order valence-corrected chi connectivity index (χ0v) is 18.5. The van der Waals surface area contributed by atoms with Gasteiger partial charge in [-0.1, -0.05) is 30.3 Å². The smallest absolute Gasteiger partial charge is 0.477 e. The Balaban J connectivity index is 2.03. The van der Waals surface area contributed by atoms with Crippen molar-refractivity contribution in [3.8, 4) is 16.2 Å². The summed E-state index contributed by atoms with van der Waals surface area (Å²) in [6.07, 6.45) is -1.05. The number of H-pyrrole nitrogens is 1. The summed E-state index contributed by atoms with van der Waals surface area (Å²) in [5.74, 6) is -1.48. The van der Waals surface area contributed by atoms with Crippen LogP contribution < -0.4 is 9.46 Å². The third-order valence-electron chi connectivity index (χ3n) is 4.21. The second kappa shape index (κ2) is 8.82. The predicted octanol–water partition coefficient (Wildman–Crippen LogP) is 4.39. The SMILES string of the molecule is CCOC(=O)Oc1c(C)[nH]c(C)c1S(=O)(=O)Nc1cc(-c2ccccc2)sc1C(=O)O. The highest BCUT2D eigenvalue weighted by atomic mass is 32.2. The molecule has 2 heterocycles. The van der Waals surface area contributed by atoms with Crippen molar-refractivity contribution < 1.29 is 32.6 Å². The average Bonchev–Trinajstić information content (AvgIpc) is 3.23. The first-order valence-corrected chi connectivity index (χ1v) is 11.4. The van der Waals surface area contributed by atoms with E-state index in [1.807, 2.05) is 6.07 Å². The monoisotopic (exact) mass is 464 g/mol. The lowest BCUT2D eigenvalue weighted by Crippen LogP contribution is -2.17. The molecule has 0 saturated heterocycles. The van der Waals surface area contributed by atoms with Crippen LogP contribution in [0.4, 0.5) is 10.5 Å². The number of nitrogens with one attached hydrogen (secondary N) is 2. The summed E-state index contributed by atoms with van der Waals surface area (Å²) in [4.78, 5) is 26.4. The molecule has 0 amide bonds. The van der Waals surface area contributed by atoms with Crippen molar-refractivity contribution >= 4 is 39.2 Å². The molecule has 0 saturated carbocycles. The molecule has 0 bridgehead atoms. The van der Waals surface area contributed by atoms with Crippen LogP contribution in [0.1, 0.15) is 28.0 Å². The molecule has 0 atom stereocenters. The molecule has 1 aromatic carbocycles. The number of aromatic nitrogens is 1. The standard InChI is InChI=1S/C20H20N2O7S2/c1-4-28-20(25)29-16-11(2)21-12(3)18(16)31(26,27)22-14-10-15(30-17(14)19(23)24)13-8-6-5-7-9-13/h5-10,21-22H,4H2,1-3H3,(H,23,24). The number of carboxylic acids is 1. The molecule has 31 heavy (non-hydrogen) atoms. The maximum atomic E-state index is 13.2. The Kier molecular flexibility index (Phi) is 6.37. The van der Waals surface area contributed by atoms with Crippen molar-refractivity contribution in [2.75, 3.05) is 11.3 Å². The second-order valence-corrected chi connectivity index (χ2v) is 9.12. The zero-order valence-electron chi connectivity index (χ0n) is 16.9. The Hall–Kier alpha value is -3.31. The number of benzene rings is 1. The van der Waals surface area contributed by atoms with Gasteiger partial charge in [-0.15, -0.1) is 11.3 Å². The van der Waals surface area contributed by atoms with E-state index in [-0.39, 0.29) is 33.5 Å². The van der Waals surface area contributed by atoms with Gasteiger partial charge in [0.15, 0.2) is 10.6 Å². The van der Waals surface area contributed by atoms with Gasteiger partial charge in [0.25, 0.3) is 10.0 Å². The number of aromatic carboxylic acids is 1. The minimum Gasteiger partial charge on any atom is -0.477 e. The summed E-state index contributed by atoms with van der Waals surface area (Å²) >= 11 is 0.948. The van der Waals surface area contributed by atoms with Crippen molar-refractivity contribution in [1.29, 1.82) is 0 Å². The molecule has 0 radical (unpaired) electrons. The number of hydrogen-bond donors (Lipinski definition) is 3. The number of rotatable bonds is 7. The van der Waals surface area contributed by atoms with E-state index in [1.165, 1.54) is 13.0 Å². The van der Waals surface area contributed by atoms with Crippen molar-refractivity contribution in [2.24, 2.45) is 0 Å². The van der Waals surface area contributed by atoms with Gasteiger partial charge in [0.2, 0.25) is 0 Å². The van der Waals surface area contributed by atoms with E-state index in [0.717, 1.165) is 16.9 Å². The van der Waals surface area contributed by atoms with Crippen LogP contribution in [0.3, 0.4) is 0 Å². The number of carbonyl (C=O) groups excluding carboxylic acids is 1. The van der Waals surface area contributed by atoms with Crippen LogP contribution in [0.5, 0.6) is 5.75 Å². The van der Waals surface area contributed by atoms with Gasteiger partial charge in [-0.25, -0.2) is 18.0 Å². The zero-order chi connectivity index (χ0) is 22.8. The van der Waals surface area contributed by atoms with Crippen LogP contribution >= 0.6 is 11.3 Å². The number of carbonyl (C=O) groups is 2. The average molecular weight is 465 g/mol. The first kappa shape index (κ1) is 22.4. The highest BCUT2D eigenvalue weighted by molar-refractivity contribution is 7.93. The van der Waals surface area contributed by atoms with Gasteiger partial charge in [-0.2, -0.15) is 0 Å². The minimum atomic E-state index is -4.31. The summed E-state index contributed by atoms with van der Waals surface area (Å²) < 4.78 is 38.5. The molecule has 3 rings (SSSR count). The molecule has 0 aliphatic heterocycles. The van der Waals surface area contributed by atoms with Crippen LogP contribution in [0, 0.1) is 13.8 Å². The van der Waals surface area contributed by atoms with Crippen molar-refractivity contribution in [3.63, 3.8) is 0 Å². The molecule has 0 fully saturated rings. The van der Waals surface area contributed by atoms with E-state index >= 15 is 0 Å². The maximum Gasteiger partial charge on any atom is 0.513 e. The van der Waals surface area contributed by atoms with Gasteiger partial charge in [0.1, 0.15) is 4.88 Å². The molecule has 11 heteroatoms. The van der Waals surface area contributed by atoms with E-state index in [1.54, 1.807) is 38.1 Å². The number of aromatic amines is 1. The Morgan fingerprint density at radius 1 is 1.16 bits per heavy atom. The Morgan fingerprint density at radius 2 is 1.84 bits per heavy atom. The van der Waals surface area contributed by atoms with E-state index in [9.17, 15) is 23.1 Å². The van der Waals surface area contributed by atoms with Crippen LogP contribution in [-0.2, 0) is 14.8 Å². The Bertz CT molecular complexity index is 1230. The third kappa shape index (κ3) is 4.72. The molecular formula is C20H20N2O7S2. The Labute approximate surface area is 182 Å². The summed E-state index contributed by atoms with van der Waals surface area (Å²) in [6, 6.07) is 10.5. The lowest BCUT2D eigenvalue weighted by atomic mass is 10.2. The number of carboxylic acid groups (broad SMARTS) is 1. The first-order chi connectivity index (χ1) is 14.6. The topological polar surface area (TPSA) is 135 Å². The first-order valence-electron chi connectivity index (χ1n) is 9.13. The highest BCUT2D eigenvalue weighted by Gasteiger charge is 2.30. The lowest BCUT2D eigenvalue weighted by molar-refractivity contribution is 0.0703. The quantitative estimate of drug-likeness (QED) is 0.441. The van der Waals surface area contributed by atoms with Crippen LogP contribution in [0.2, 0.25) is 0 Å². The summed E-state index contributed by atoms with van der Waals surface area (Å²) in [5.41, 5.74) is 1.19. The lowest BCUT2D eigenvalue weighted by Gasteiger charge is -2.10. The molecule has 2 aromatic heterocycles. The molecule has 3 N–H and O–H groups in total. The van der Waals surface area contributed by atoms with Gasteiger partial charge in [-0.3, -0.25) is 4.72 Å². The predicted molar refractivity (Wildman–Crippen MR) is 115 cm³/mol. The largest absolute Gasteiger partial charge is 0.513 e. The molecule has 0 aliphatic rings. The number of sulfonamides is 1. The fourth-order valence-electron chi connectivity index (χ4n) is 2.98. The number of anilines is 1. The van der Waals surface area contributed by atoms with Gasteiger partial charge in [-0.05, 0) is 32.4 Å². The second-order valence-electron chi connectivity index (χ2n) is 6.45. The van der Waals surface area contributed by atoms with Crippen molar-refractivity contribution in [3.05, 3.63) is 52.7 Å². The van der Waals surface area contributed by atoms with E-state index in [2.05, 4.69) is 9.71 Å². The number of thiophene rings is 1. The molecule has 0 aliphatic carbocycles. The normalized spacial score (nSPS) is 11.2. The van der Waals surface area contributed by atoms with E-state index in [4.69, 9.17) is 9.47 Å². The minimum absolute atomic E-state index is 0.0563. The van der Waals surface area contributed by atoms with Crippen LogP contribution in [-0.4, -0.2) is 37.2 Å². The summed E-state index contributed by atoms with van der Waals surface area (Å²) in [5, 5.41) is 9.57. The Morgan fingerprint density at radius 3 is 2.45 bits per heavy atom. The van der Waals surface area contributed by atoms with E-state index < -0.39 is 22.1 Å². The van der Waals surface area contributed by atoms with Crippen molar-refractivity contribution in [1.82, 2.24) is 4.98 Å². The van der Waals surface area contributed by atoms with Crippen LogP contribution in [0.15, 0.2) is 41.3 Å².